The van der Waals surface area contributed by atoms with Gasteiger partial charge in [0.25, 0.3) is 0 Å². The number of benzene rings is 1. The standard InChI is InChI=1S/C13H14BrO3S/c1-9-4-6-11(7-5-9)18(15,16)12-13(3,17-12)8-10(2)14/h4-7H,2,8H2,1,3H3/q-1/t13-/m1/s1. The molecule has 1 fully saturated rings. The van der Waals surface area contributed by atoms with Crippen molar-refractivity contribution in [1.82, 2.24) is 0 Å². The average molecular weight is 330 g/mol. The predicted octanol–water partition coefficient (Wildman–Crippen LogP) is 3.35. The zero-order chi connectivity index (χ0) is 13.6. The Morgan fingerprint density at radius 2 is 2.00 bits per heavy atom. The quantitative estimate of drug-likeness (QED) is 0.628. The van der Waals surface area contributed by atoms with E-state index < -0.39 is 15.4 Å². The zero-order valence-corrected chi connectivity index (χ0v) is 12.6. The highest BCUT2D eigenvalue weighted by Crippen LogP contribution is 2.53. The third-order valence-corrected chi connectivity index (χ3v) is 4.99. The molecule has 1 atom stereocenters. The van der Waals surface area contributed by atoms with Crippen molar-refractivity contribution in [3.8, 4) is 0 Å². The molecule has 1 aliphatic rings. The first-order valence-electron chi connectivity index (χ1n) is 5.47. The molecular weight excluding hydrogens is 316 g/mol. The van der Waals surface area contributed by atoms with Crippen LogP contribution in [0.2, 0.25) is 0 Å². The molecule has 0 aliphatic carbocycles. The molecule has 0 N–H and O–H groups in total. The highest BCUT2D eigenvalue weighted by atomic mass is 79.9. The second-order valence-electron chi connectivity index (χ2n) is 4.63. The summed E-state index contributed by atoms with van der Waals surface area (Å²) < 4.78 is 30.6. The molecule has 0 bridgehead atoms. The molecule has 98 valence electrons. The van der Waals surface area contributed by atoms with E-state index >= 15 is 0 Å². The van der Waals surface area contributed by atoms with Crippen molar-refractivity contribution < 1.29 is 13.2 Å². The Morgan fingerprint density at radius 1 is 1.44 bits per heavy atom. The molecule has 1 saturated heterocycles. The summed E-state index contributed by atoms with van der Waals surface area (Å²) in [4.78, 5) is 0.270. The second kappa shape index (κ2) is 4.47. The molecule has 0 saturated carbocycles. The molecule has 5 heteroatoms. The van der Waals surface area contributed by atoms with Crippen molar-refractivity contribution in [2.24, 2.45) is 0 Å². The Kier molecular flexibility index (Phi) is 3.42. The minimum atomic E-state index is -3.50. The Balaban J connectivity index is 2.24. The first kappa shape index (κ1) is 13.8. The topological polar surface area (TPSA) is 46.7 Å². The first-order chi connectivity index (χ1) is 8.25. The normalized spacial score (nSPS) is 23.9. The van der Waals surface area contributed by atoms with E-state index in [4.69, 9.17) is 4.74 Å². The Morgan fingerprint density at radius 3 is 2.50 bits per heavy atom. The van der Waals surface area contributed by atoms with E-state index in [0.717, 1.165) is 10.0 Å². The van der Waals surface area contributed by atoms with Gasteiger partial charge in [0.05, 0.1) is 9.84 Å². The average Bonchev–Trinajstić information content (AvgIpc) is 2.90. The summed E-state index contributed by atoms with van der Waals surface area (Å²) in [6.07, 6.45) is 0.452. The van der Waals surface area contributed by atoms with Crippen molar-refractivity contribution >= 4 is 25.8 Å². The number of rotatable bonds is 4. The van der Waals surface area contributed by atoms with Crippen LogP contribution >= 0.6 is 15.9 Å². The highest BCUT2D eigenvalue weighted by molar-refractivity contribution is 9.11. The molecule has 1 heterocycles. The largest absolute Gasteiger partial charge is 0.547 e. The summed E-state index contributed by atoms with van der Waals surface area (Å²) in [6, 6.07) is 6.75. The van der Waals surface area contributed by atoms with Gasteiger partial charge in [-0.3, -0.25) is 8.42 Å². The Hall–Kier alpha value is -0.650. The number of hydrogen-bond acceptors (Lipinski definition) is 3. The summed E-state index contributed by atoms with van der Waals surface area (Å²) in [5, 5.41) is 0. The summed E-state index contributed by atoms with van der Waals surface area (Å²) >= 11 is 3.23. The van der Waals surface area contributed by atoms with Gasteiger partial charge in [-0.1, -0.05) is 52.7 Å². The molecule has 18 heavy (non-hydrogen) atoms. The van der Waals surface area contributed by atoms with E-state index in [1.165, 1.54) is 0 Å². The molecule has 1 aromatic carbocycles. The van der Waals surface area contributed by atoms with Crippen LogP contribution in [0.1, 0.15) is 18.9 Å². The number of ether oxygens (including phenoxy) is 1. The highest BCUT2D eigenvalue weighted by Gasteiger charge is 2.44. The number of aryl methyl sites for hydroxylation is 1. The fraction of sp³-hybridized carbons (Fsp3) is 0.308. The van der Waals surface area contributed by atoms with Gasteiger partial charge in [0.1, 0.15) is 0 Å². The molecule has 0 aromatic heterocycles. The van der Waals surface area contributed by atoms with Crippen LogP contribution in [-0.4, -0.2) is 14.0 Å². The summed E-state index contributed by atoms with van der Waals surface area (Å²) in [6.45, 7) is 7.37. The Bertz CT molecular complexity index is 577. The lowest BCUT2D eigenvalue weighted by atomic mass is 10.1. The molecule has 3 nitrogen and oxygen atoms in total. The SMILES string of the molecule is C=C(Br)C[C@@]1(C)O[C-]1S(=O)(=O)c1ccc(C)cc1. The van der Waals surface area contributed by atoms with E-state index in [-0.39, 0.29) is 10.3 Å². The minimum Gasteiger partial charge on any atom is -0.547 e. The summed E-state index contributed by atoms with van der Waals surface area (Å²) in [5.41, 5.74) is 0.399. The lowest BCUT2D eigenvalue weighted by Gasteiger charge is -2.16. The fourth-order valence-corrected chi connectivity index (χ4v) is 3.99. The smallest absolute Gasteiger partial charge is 0.0798 e. The van der Waals surface area contributed by atoms with E-state index in [9.17, 15) is 8.42 Å². The monoisotopic (exact) mass is 329 g/mol. The molecule has 0 amide bonds. The van der Waals surface area contributed by atoms with Gasteiger partial charge < -0.3 is 4.74 Å². The zero-order valence-electron chi connectivity index (χ0n) is 10.2. The van der Waals surface area contributed by atoms with Crippen molar-refractivity contribution in [2.45, 2.75) is 30.8 Å². The van der Waals surface area contributed by atoms with Crippen LogP contribution in [0.3, 0.4) is 0 Å². The minimum absolute atomic E-state index is 0.124. The lowest BCUT2D eigenvalue weighted by Crippen LogP contribution is -2.12. The third-order valence-electron chi connectivity index (χ3n) is 2.81. The first-order valence-corrected chi connectivity index (χ1v) is 7.75. The van der Waals surface area contributed by atoms with Crippen molar-refractivity contribution in [3.63, 3.8) is 0 Å². The second-order valence-corrected chi connectivity index (χ2v) is 7.60. The van der Waals surface area contributed by atoms with Gasteiger partial charge in [-0.05, 0) is 35.4 Å². The molecule has 2 rings (SSSR count). The number of halogens is 1. The van der Waals surface area contributed by atoms with E-state index in [0.29, 0.717) is 6.42 Å². The van der Waals surface area contributed by atoms with Crippen molar-refractivity contribution in [2.75, 3.05) is 0 Å². The van der Waals surface area contributed by atoms with Gasteiger partial charge in [-0.15, -0.1) is 0 Å². The summed E-state index contributed by atoms with van der Waals surface area (Å²) in [7, 11) is -3.50. The maximum Gasteiger partial charge on any atom is 0.0798 e. The van der Waals surface area contributed by atoms with Gasteiger partial charge in [0.15, 0.2) is 0 Å². The van der Waals surface area contributed by atoms with E-state index in [1.807, 2.05) is 6.92 Å². The van der Waals surface area contributed by atoms with E-state index in [1.54, 1.807) is 31.2 Å². The van der Waals surface area contributed by atoms with Crippen LogP contribution in [0.15, 0.2) is 40.2 Å². The Labute approximate surface area is 116 Å². The van der Waals surface area contributed by atoms with Crippen LogP contribution in [0.25, 0.3) is 0 Å². The third kappa shape index (κ3) is 2.53. The lowest BCUT2D eigenvalue weighted by molar-refractivity contribution is 0.329. The van der Waals surface area contributed by atoms with Crippen LogP contribution < -0.4 is 0 Å². The maximum absolute atomic E-state index is 12.3. The van der Waals surface area contributed by atoms with Gasteiger partial charge in [0.2, 0.25) is 0 Å². The molecule has 0 radical (unpaired) electrons. The van der Waals surface area contributed by atoms with E-state index in [2.05, 4.69) is 22.5 Å². The van der Waals surface area contributed by atoms with Crippen LogP contribution in [0.5, 0.6) is 0 Å². The van der Waals surface area contributed by atoms with Crippen LogP contribution in [-0.2, 0) is 14.6 Å². The maximum atomic E-state index is 12.3. The van der Waals surface area contributed by atoms with Crippen molar-refractivity contribution in [1.29, 1.82) is 0 Å². The van der Waals surface area contributed by atoms with Gasteiger partial charge in [0, 0.05) is 4.90 Å². The molecular formula is C13H14BrO3S-. The van der Waals surface area contributed by atoms with Crippen LogP contribution in [0.4, 0.5) is 0 Å². The van der Waals surface area contributed by atoms with Gasteiger partial charge in [-0.25, -0.2) is 0 Å². The van der Waals surface area contributed by atoms with Gasteiger partial charge >= 0.3 is 0 Å². The summed E-state index contributed by atoms with van der Waals surface area (Å²) in [5.74, 6) is 0. The van der Waals surface area contributed by atoms with Crippen molar-refractivity contribution in [3.05, 3.63) is 46.3 Å². The molecule has 0 unspecified atom stereocenters. The van der Waals surface area contributed by atoms with Crippen LogP contribution in [0, 0.1) is 12.4 Å². The molecule has 1 aromatic rings. The fourth-order valence-electron chi connectivity index (χ4n) is 1.82. The number of epoxide rings is 1. The number of sulfone groups is 1. The molecule has 1 aliphatic heterocycles. The van der Waals surface area contributed by atoms with Gasteiger partial charge in [-0.2, -0.15) is 0 Å². The predicted molar refractivity (Wildman–Crippen MR) is 73.8 cm³/mol. The number of hydrogen-bond donors (Lipinski definition) is 0. The molecule has 0 spiro atoms.